The number of aromatic nitrogens is 2. The summed E-state index contributed by atoms with van der Waals surface area (Å²) in [6, 6.07) is 9.31. The average Bonchev–Trinajstić information content (AvgIpc) is 2.80. The van der Waals surface area contributed by atoms with E-state index in [1.807, 2.05) is 30.3 Å². The SMILES string of the molecule is Cc1c(NC(=O)C2CNCCO2)c(=O)n(-c2ccccc2)n1C. The van der Waals surface area contributed by atoms with Crippen molar-refractivity contribution in [1.82, 2.24) is 14.7 Å². The summed E-state index contributed by atoms with van der Waals surface area (Å²) in [6.45, 7) is 3.47. The molecule has 2 aromatic rings. The van der Waals surface area contributed by atoms with Crippen LogP contribution in [-0.4, -0.2) is 41.1 Å². The maximum atomic E-state index is 12.7. The van der Waals surface area contributed by atoms with Gasteiger partial charge in [-0.2, -0.15) is 0 Å². The van der Waals surface area contributed by atoms with Crippen LogP contribution >= 0.6 is 0 Å². The molecular weight excluding hydrogens is 296 g/mol. The molecule has 2 heterocycles. The Labute approximate surface area is 133 Å². The molecule has 3 rings (SSSR count). The fraction of sp³-hybridized carbons (Fsp3) is 0.375. The Morgan fingerprint density at radius 3 is 2.74 bits per heavy atom. The van der Waals surface area contributed by atoms with Crippen molar-refractivity contribution in [2.45, 2.75) is 13.0 Å². The number of nitrogens with zero attached hydrogens (tertiary/aromatic N) is 2. The highest BCUT2D eigenvalue weighted by atomic mass is 16.5. The number of carbonyl (C=O) groups excluding carboxylic acids is 1. The van der Waals surface area contributed by atoms with Gasteiger partial charge in [0, 0.05) is 20.1 Å². The molecule has 1 aromatic heterocycles. The van der Waals surface area contributed by atoms with Crippen LogP contribution in [0, 0.1) is 6.92 Å². The van der Waals surface area contributed by atoms with Crippen molar-refractivity contribution in [1.29, 1.82) is 0 Å². The summed E-state index contributed by atoms with van der Waals surface area (Å²) in [7, 11) is 1.79. The third-order valence-corrected chi connectivity index (χ3v) is 4.02. The topological polar surface area (TPSA) is 77.3 Å². The van der Waals surface area contributed by atoms with Crippen LogP contribution in [0.5, 0.6) is 0 Å². The molecule has 0 radical (unpaired) electrons. The summed E-state index contributed by atoms with van der Waals surface area (Å²) in [6.07, 6.45) is -0.576. The minimum atomic E-state index is -0.576. The first-order valence-electron chi connectivity index (χ1n) is 7.57. The molecule has 23 heavy (non-hydrogen) atoms. The maximum Gasteiger partial charge on any atom is 0.295 e. The van der Waals surface area contributed by atoms with E-state index in [1.165, 1.54) is 4.68 Å². The first kappa shape index (κ1) is 15.5. The largest absolute Gasteiger partial charge is 0.366 e. The molecule has 0 aliphatic carbocycles. The van der Waals surface area contributed by atoms with Crippen LogP contribution in [0.3, 0.4) is 0 Å². The predicted octanol–water partition coefficient (Wildman–Crippen LogP) is 0.411. The molecule has 1 aliphatic rings. The van der Waals surface area contributed by atoms with E-state index in [-0.39, 0.29) is 17.2 Å². The smallest absolute Gasteiger partial charge is 0.295 e. The minimum absolute atomic E-state index is 0.256. The Bertz CT molecular complexity index is 758. The Hall–Kier alpha value is -2.38. The Morgan fingerprint density at radius 2 is 2.09 bits per heavy atom. The van der Waals surface area contributed by atoms with Crippen LogP contribution in [0.15, 0.2) is 35.1 Å². The first-order valence-corrected chi connectivity index (χ1v) is 7.57. The van der Waals surface area contributed by atoms with E-state index in [0.717, 1.165) is 12.2 Å². The molecular formula is C16H20N4O3. The third kappa shape index (κ3) is 2.93. The molecule has 2 N–H and O–H groups in total. The van der Waals surface area contributed by atoms with Gasteiger partial charge >= 0.3 is 0 Å². The molecule has 1 saturated heterocycles. The van der Waals surface area contributed by atoms with E-state index in [4.69, 9.17) is 4.74 Å². The van der Waals surface area contributed by atoms with Crippen molar-refractivity contribution in [2.75, 3.05) is 25.0 Å². The number of anilines is 1. The molecule has 1 fully saturated rings. The monoisotopic (exact) mass is 316 g/mol. The minimum Gasteiger partial charge on any atom is -0.366 e. The number of carbonyl (C=O) groups is 1. The highest BCUT2D eigenvalue weighted by Crippen LogP contribution is 2.14. The lowest BCUT2D eigenvalue weighted by Crippen LogP contribution is -2.45. The number of rotatable bonds is 3. The molecule has 122 valence electrons. The van der Waals surface area contributed by atoms with Crippen LogP contribution in [0.25, 0.3) is 5.69 Å². The second kappa shape index (κ2) is 6.39. The van der Waals surface area contributed by atoms with E-state index in [0.29, 0.717) is 18.8 Å². The van der Waals surface area contributed by atoms with Gasteiger partial charge in [-0.25, -0.2) is 4.68 Å². The Morgan fingerprint density at radius 1 is 1.35 bits per heavy atom. The summed E-state index contributed by atoms with van der Waals surface area (Å²) in [5.74, 6) is -0.303. The number of benzene rings is 1. The molecule has 0 bridgehead atoms. The van der Waals surface area contributed by atoms with Gasteiger partial charge in [0.2, 0.25) is 0 Å². The van der Waals surface area contributed by atoms with Crippen LogP contribution in [0.1, 0.15) is 5.69 Å². The first-order chi connectivity index (χ1) is 11.1. The second-order valence-electron chi connectivity index (χ2n) is 5.49. The van der Waals surface area contributed by atoms with Crippen molar-refractivity contribution >= 4 is 11.6 Å². The molecule has 0 saturated carbocycles. The zero-order valence-corrected chi connectivity index (χ0v) is 13.2. The summed E-state index contributed by atoms with van der Waals surface area (Å²) < 4.78 is 8.69. The van der Waals surface area contributed by atoms with Gasteiger partial charge in [0.15, 0.2) is 0 Å². The van der Waals surface area contributed by atoms with Crippen molar-refractivity contribution in [3.8, 4) is 5.69 Å². The van der Waals surface area contributed by atoms with Gasteiger partial charge in [0.05, 0.1) is 18.0 Å². The van der Waals surface area contributed by atoms with E-state index in [2.05, 4.69) is 10.6 Å². The summed E-state index contributed by atoms with van der Waals surface area (Å²) in [4.78, 5) is 25.0. The standard InChI is InChI=1S/C16H20N4O3/c1-11-14(18-15(21)13-10-17-8-9-23-13)16(22)20(19(11)2)12-6-4-3-5-7-12/h3-7,13,17H,8-10H2,1-2H3,(H,18,21). The molecule has 1 aliphatic heterocycles. The highest BCUT2D eigenvalue weighted by Gasteiger charge is 2.25. The van der Waals surface area contributed by atoms with Crippen molar-refractivity contribution in [3.05, 3.63) is 46.4 Å². The van der Waals surface area contributed by atoms with E-state index in [1.54, 1.807) is 18.7 Å². The number of nitrogens with one attached hydrogen (secondary N) is 2. The van der Waals surface area contributed by atoms with Crippen LogP contribution in [0.2, 0.25) is 0 Å². The number of amides is 1. The quantitative estimate of drug-likeness (QED) is 0.860. The summed E-state index contributed by atoms with van der Waals surface area (Å²) in [5.41, 5.74) is 1.47. The molecule has 7 nitrogen and oxygen atoms in total. The van der Waals surface area contributed by atoms with Crippen molar-refractivity contribution in [3.63, 3.8) is 0 Å². The van der Waals surface area contributed by atoms with Crippen LogP contribution < -0.4 is 16.2 Å². The van der Waals surface area contributed by atoms with Gasteiger partial charge in [0.25, 0.3) is 11.5 Å². The highest BCUT2D eigenvalue weighted by molar-refractivity contribution is 5.94. The number of morpholine rings is 1. The lowest BCUT2D eigenvalue weighted by atomic mass is 10.2. The van der Waals surface area contributed by atoms with E-state index in [9.17, 15) is 9.59 Å². The lowest BCUT2D eigenvalue weighted by molar-refractivity contribution is -0.128. The zero-order valence-electron chi connectivity index (χ0n) is 13.2. The van der Waals surface area contributed by atoms with Gasteiger partial charge in [0.1, 0.15) is 11.8 Å². The van der Waals surface area contributed by atoms with E-state index < -0.39 is 6.10 Å². The second-order valence-corrected chi connectivity index (χ2v) is 5.49. The predicted molar refractivity (Wildman–Crippen MR) is 87.0 cm³/mol. The molecule has 1 amide bonds. The van der Waals surface area contributed by atoms with Gasteiger partial charge in [-0.3, -0.25) is 14.3 Å². The summed E-state index contributed by atoms with van der Waals surface area (Å²) >= 11 is 0. The Kier molecular flexibility index (Phi) is 4.31. The van der Waals surface area contributed by atoms with Crippen molar-refractivity contribution < 1.29 is 9.53 Å². The normalized spacial score (nSPS) is 17.9. The maximum absolute atomic E-state index is 12.7. The fourth-order valence-electron chi connectivity index (χ4n) is 2.65. The molecule has 1 unspecified atom stereocenters. The fourth-order valence-corrected chi connectivity index (χ4v) is 2.65. The Balaban J connectivity index is 1.92. The number of hydrogen-bond acceptors (Lipinski definition) is 4. The van der Waals surface area contributed by atoms with Gasteiger partial charge < -0.3 is 15.4 Å². The molecule has 1 aromatic carbocycles. The van der Waals surface area contributed by atoms with Gasteiger partial charge in [-0.05, 0) is 19.1 Å². The van der Waals surface area contributed by atoms with Crippen LogP contribution in [-0.2, 0) is 16.6 Å². The zero-order chi connectivity index (χ0) is 16.4. The average molecular weight is 316 g/mol. The summed E-state index contributed by atoms with van der Waals surface area (Å²) in [5, 5.41) is 5.82. The lowest BCUT2D eigenvalue weighted by Gasteiger charge is -2.22. The molecule has 1 atom stereocenters. The van der Waals surface area contributed by atoms with Gasteiger partial charge in [-0.1, -0.05) is 18.2 Å². The third-order valence-electron chi connectivity index (χ3n) is 4.02. The van der Waals surface area contributed by atoms with Crippen LogP contribution in [0.4, 0.5) is 5.69 Å². The molecule has 7 heteroatoms. The number of ether oxygens (including phenoxy) is 1. The number of hydrogen-bond donors (Lipinski definition) is 2. The van der Waals surface area contributed by atoms with E-state index >= 15 is 0 Å². The number of para-hydroxylation sites is 1. The van der Waals surface area contributed by atoms with Crippen molar-refractivity contribution in [2.24, 2.45) is 7.05 Å². The van der Waals surface area contributed by atoms with Gasteiger partial charge in [-0.15, -0.1) is 0 Å². The molecule has 0 spiro atoms.